The van der Waals surface area contributed by atoms with Crippen molar-refractivity contribution < 1.29 is 32.8 Å². The van der Waals surface area contributed by atoms with E-state index in [1.807, 2.05) is 33.8 Å². The molecule has 9 heteroatoms. The number of fused-ring (bicyclic) bond motifs is 1. The maximum atomic E-state index is 12.4. The summed E-state index contributed by atoms with van der Waals surface area (Å²) in [5, 5.41) is 3.32. The second kappa shape index (κ2) is 7.87. The second-order valence-corrected chi connectivity index (χ2v) is 9.63. The Morgan fingerprint density at radius 2 is 1.68 bits per heavy atom. The van der Waals surface area contributed by atoms with Crippen LogP contribution in [0.25, 0.3) is 11.0 Å². The first-order valence-corrected chi connectivity index (χ1v) is 10.2. The van der Waals surface area contributed by atoms with Crippen molar-refractivity contribution in [1.29, 1.82) is 0 Å². The van der Waals surface area contributed by atoms with E-state index in [4.69, 9.17) is 23.2 Å². The highest BCUT2D eigenvalue weighted by Gasteiger charge is 2.52. The number of amides is 1. The molecule has 1 aromatic heterocycles. The van der Waals surface area contributed by atoms with Gasteiger partial charge in [0.2, 0.25) is 0 Å². The Morgan fingerprint density at radius 3 is 2.23 bits per heavy atom. The summed E-state index contributed by atoms with van der Waals surface area (Å²) in [5.74, 6) is -0.0681. The molecule has 0 saturated carbocycles. The van der Waals surface area contributed by atoms with Crippen LogP contribution in [0.4, 0.5) is 4.79 Å². The Labute approximate surface area is 182 Å². The number of hydrogen-bond donors (Lipinski definition) is 1. The van der Waals surface area contributed by atoms with Gasteiger partial charge >= 0.3 is 19.2 Å². The van der Waals surface area contributed by atoms with Gasteiger partial charge in [-0.25, -0.2) is 9.59 Å². The summed E-state index contributed by atoms with van der Waals surface area (Å²) < 4.78 is 28.3. The van der Waals surface area contributed by atoms with Crippen LogP contribution in [0.5, 0.6) is 0 Å². The van der Waals surface area contributed by atoms with Crippen molar-refractivity contribution in [1.82, 2.24) is 5.32 Å². The monoisotopic (exact) mass is 431 g/mol. The van der Waals surface area contributed by atoms with Gasteiger partial charge in [-0.15, -0.1) is 0 Å². The zero-order chi connectivity index (χ0) is 23.2. The van der Waals surface area contributed by atoms with E-state index in [1.165, 1.54) is 7.11 Å². The molecular weight excluding hydrogens is 401 g/mol. The molecule has 31 heavy (non-hydrogen) atoms. The minimum absolute atomic E-state index is 0.107. The number of rotatable bonds is 4. The van der Waals surface area contributed by atoms with E-state index in [9.17, 15) is 9.59 Å². The summed E-state index contributed by atoms with van der Waals surface area (Å²) in [5.41, 5.74) is -0.331. The molecule has 1 amide bonds. The maximum Gasteiger partial charge on any atom is 0.494 e. The molecule has 2 aromatic rings. The van der Waals surface area contributed by atoms with Crippen LogP contribution in [-0.2, 0) is 25.3 Å². The number of benzene rings is 1. The summed E-state index contributed by atoms with van der Waals surface area (Å²) in [4.78, 5) is 24.4. The molecule has 1 fully saturated rings. The normalized spacial score (nSPS) is 17.6. The van der Waals surface area contributed by atoms with Crippen molar-refractivity contribution in [3.05, 3.63) is 29.5 Å². The number of alkyl carbamates (subject to hydrolysis) is 1. The van der Waals surface area contributed by atoms with Gasteiger partial charge < -0.3 is 28.5 Å². The predicted octanol–water partition coefficient (Wildman–Crippen LogP) is 3.54. The number of hydrogen-bond acceptors (Lipinski definition) is 7. The number of nitrogens with one attached hydrogen (secondary N) is 1. The van der Waals surface area contributed by atoms with Crippen LogP contribution in [0.15, 0.2) is 22.6 Å². The van der Waals surface area contributed by atoms with Crippen LogP contribution in [0, 0.1) is 0 Å². The minimum atomic E-state index is -0.643. The molecule has 0 spiro atoms. The van der Waals surface area contributed by atoms with E-state index in [2.05, 4.69) is 5.32 Å². The van der Waals surface area contributed by atoms with Crippen LogP contribution in [-0.4, -0.2) is 43.1 Å². The van der Waals surface area contributed by atoms with Gasteiger partial charge in [0, 0.05) is 5.39 Å². The molecule has 1 aliphatic rings. The lowest BCUT2D eigenvalue weighted by atomic mass is 9.77. The molecule has 1 aliphatic heterocycles. The van der Waals surface area contributed by atoms with Crippen LogP contribution in [0.1, 0.15) is 64.6 Å². The third-order valence-electron chi connectivity index (χ3n) is 5.43. The number of carbonyl (C=O) groups is 2. The van der Waals surface area contributed by atoms with Gasteiger partial charge in [-0.3, -0.25) is 0 Å². The maximum absolute atomic E-state index is 12.4. The van der Waals surface area contributed by atoms with Gasteiger partial charge in [-0.1, -0.05) is 6.07 Å². The summed E-state index contributed by atoms with van der Waals surface area (Å²) in [6.07, 6.45) is -0.556. The first-order chi connectivity index (χ1) is 14.2. The lowest BCUT2D eigenvalue weighted by molar-refractivity contribution is 0.00578. The zero-order valence-corrected chi connectivity index (χ0v) is 19.4. The smallest absolute Gasteiger partial charge is 0.465 e. The molecule has 0 aliphatic carbocycles. The van der Waals surface area contributed by atoms with Crippen LogP contribution >= 0.6 is 0 Å². The van der Waals surface area contributed by atoms with Crippen molar-refractivity contribution in [2.24, 2.45) is 0 Å². The molecule has 0 atom stereocenters. The van der Waals surface area contributed by atoms with Gasteiger partial charge in [0.05, 0.1) is 24.9 Å². The van der Waals surface area contributed by atoms with E-state index < -0.39 is 36.0 Å². The Balaban J connectivity index is 1.92. The molecule has 168 valence electrons. The highest BCUT2D eigenvalue weighted by Crippen LogP contribution is 2.37. The van der Waals surface area contributed by atoms with E-state index in [0.29, 0.717) is 22.2 Å². The Hall–Kier alpha value is -2.52. The van der Waals surface area contributed by atoms with Crippen LogP contribution in [0.2, 0.25) is 0 Å². The van der Waals surface area contributed by atoms with E-state index in [-0.39, 0.29) is 12.1 Å². The lowest BCUT2D eigenvalue weighted by Gasteiger charge is -2.32. The molecule has 1 aromatic carbocycles. The van der Waals surface area contributed by atoms with Gasteiger partial charge in [0.1, 0.15) is 22.5 Å². The number of furan rings is 1. The predicted molar refractivity (Wildman–Crippen MR) is 116 cm³/mol. The first-order valence-electron chi connectivity index (χ1n) is 10.2. The summed E-state index contributed by atoms with van der Waals surface area (Å²) in [7, 11) is 0.667. The molecule has 0 bridgehead atoms. The fourth-order valence-electron chi connectivity index (χ4n) is 3.17. The van der Waals surface area contributed by atoms with E-state index in [1.54, 1.807) is 32.9 Å². The lowest BCUT2D eigenvalue weighted by Crippen LogP contribution is -2.41. The van der Waals surface area contributed by atoms with Crippen molar-refractivity contribution in [3.8, 4) is 0 Å². The van der Waals surface area contributed by atoms with Gasteiger partial charge in [0.15, 0.2) is 0 Å². The van der Waals surface area contributed by atoms with E-state index in [0.717, 1.165) is 0 Å². The third-order valence-corrected chi connectivity index (χ3v) is 5.43. The number of esters is 1. The van der Waals surface area contributed by atoms with Gasteiger partial charge in [0.25, 0.3) is 0 Å². The van der Waals surface area contributed by atoms with Crippen LogP contribution < -0.4 is 10.8 Å². The fourth-order valence-corrected chi connectivity index (χ4v) is 3.17. The second-order valence-electron chi connectivity index (χ2n) is 9.63. The van der Waals surface area contributed by atoms with Crippen molar-refractivity contribution in [3.63, 3.8) is 0 Å². The molecule has 0 unspecified atom stereocenters. The Bertz CT molecular complexity index is 987. The minimum Gasteiger partial charge on any atom is -0.465 e. The first kappa shape index (κ1) is 23.2. The molecule has 3 rings (SSSR count). The van der Waals surface area contributed by atoms with Gasteiger partial charge in [-0.05, 0) is 66.1 Å². The standard InChI is InChI=1S/C22H30BNO7/c1-20(2,3)29-19(26)24-12-15-10-13-9-14(11-16(17(13)28-15)18(25)27-8)23-30-21(4,5)22(6,7)31-23/h9-11H,12H2,1-8H3,(H,24,26). The van der Waals surface area contributed by atoms with Crippen LogP contribution in [0.3, 0.4) is 0 Å². The van der Waals surface area contributed by atoms with Crippen molar-refractivity contribution in [2.45, 2.75) is 71.8 Å². The zero-order valence-electron chi connectivity index (χ0n) is 19.4. The van der Waals surface area contributed by atoms with Crippen molar-refractivity contribution >= 4 is 35.6 Å². The highest BCUT2D eigenvalue weighted by atomic mass is 16.7. The molecule has 1 N–H and O–H groups in total. The third kappa shape index (κ3) is 4.88. The average molecular weight is 431 g/mol. The highest BCUT2D eigenvalue weighted by molar-refractivity contribution is 6.62. The SMILES string of the molecule is COC(=O)c1cc(B2OC(C)(C)C(C)(C)O2)cc2cc(CNC(=O)OC(C)(C)C)oc12. The fraction of sp³-hybridized carbons (Fsp3) is 0.545. The summed E-state index contributed by atoms with van der Waals surface area (Å²) in [6, 6.07) is 5.27. The molecule has 2 heterocycles. The summed E-state index contributed by atoms with van der Waals surface area (Å²) >= 11 is 0. The molecular formula is C22H30BNO7. The van der Waals surface area contributed by atoms with Crippen molar-refractivity contribution in [2.75, 3.05) is 7.11 Å². The molecule has 1 saturated heterocycles. The van der Waals surface area contributed by atoms with E-state index >= 15 is 0 Å². The summed E-state index contributed by atoms with van der Waals surface area (Å²) in [6.45, 7) is 13.3. The quantitative estimate of drug-likeness (QED) is 0.584. The number of carbonyl (C=O) groups excluding carboxylic acids is 2. The largest absolute Gasteiger partial charge is 0.494 e. The average Bonchev–Trinajstić information content (AvgIpc) is 3.14. The Kier molecular flexibility index (Phi) is 5.88. The van der Waals surface area contributed by atoms with Gasteiger partial charge in [-0.2, -0.15) is 0 Å². The topological polar surface area (TPSA) is 96.2 Å². The molecule has 0 radical (unpaired) electrons. The number of methoxy groups -OCH3 is 1. The Morgan fingerprint density at radius 1 is 1.06 bits per heavy atom. The molecule has 8 nitrogen and oxygen atoms in total. The number of ether oxygens (including phenoxy) is 2.